The lowest BCUT2D eigenvalue weighted by Gasteiger charge is -2.17. The fourth-order valence-electron chi connectivity index (χ4n) is 2.99. The molecule has 2 aromatic heterocycles. The molecule has 1 atom stereocenters. The van der Waals surface area contributed by atoms with Gasteiger partial charge in [0.2, 0.25) is 5.91 Å². The smallest absolute Gasteiger partial charge is 0.251 e. The number of rotatable bonds is 6. The molecule has 0 saturated heterocycles. The van der Waals surface area contributed by atoms with Crippen LogP contribution in [0.1, 0.15) is 41.7 Å². The third kappa shape index (κ3) is 4.15. The average Bonchev–Trinajstić information content (AvgIpc) is 3.19. The van der Waals surface area contributed by atoms with E-state index in [1.54, 1.807) is 23.6 Å². The molecular formula is C20H21N5O2S2. The molecular weight excluding hydrogens is 406 g/mol. The zero-order valence-corrected chi connectivity index (χ0v) is 17.7. The summed E-state index contributed by atoms with van der Waals surface area (Å²) in [6.07, 6.45) is 2.05. The van der Waals surface area contributed by atoms with Crippen LogP contribution in [-0.4, -0.2) is 32.6 Å². The number of aromatic amines is 1. The summed E-state index contributed by atoms with van der Waals surface area (Å²) in [7, 11) is 0. The van der Waals surface area contributed by atoms with Gasteiger partial charge >= 0.3 is 0 Å². The van der Waals surface area contributed by atoms with Crippen molar-refractivity contribution in [2.24, 2.45) is 0 Å². The SMILES string of the molecule is Cc1ccc(C(=O)NC2CC2)cc1NC(=O)C(C)n1c(-c2cccs2)n[nH]c1=S. The average molecular weight is 428 g/mol. The standard InChI is InChI=1S/C20H21N5O2S2/c1-11-5-6-13(19(27)21-14-7-8-14)10-15(11)22-18(26)12(2)25-17(23-24-20(25)28)16-4-3-9-29-16/h3-6,9-10,12,14H,7-8H2,1-2H3,(H,21,27)(H,22,26)(H,24,28). The Bertz CT molecular complexity index is 1110. The van der Waals surface area contributed by atoms with Gasteiger partial charge in [0.1, 0.15) is 6.04 Å². The van der Waals surface area contributed by atoms with Crippen LogP contribution in [0.25, 0.3) is 10.7 Å². The van der Waals surface area contributed by atoms with Crippen LogP contribution < -0.4 is 10.6 Å². The maximum atomic E-state index is 13.0. The number of aryl methyl sites for hydroxylation is 1. The number of nitrogens with zero attached hydrogens (tertiary/aromatic N) is 2. The molecule has 1 aliphatic carbocycles. The van der Waals surface area contributed by atoms with Crippen molar-refractivity contribution in [3.63, 3.8) is 0 Å². The van der Waals surface area contributed by atoms with Gasteiger partial charge in [-0.25, -0.2) is 0 Å². The highest BCUT2D eigenvalue weighted by Gasteiger charge is 2.25. The first-order chi connectivity index (χ1) is 13.9. The predicted molar refractivity (Wildman–Crippen MR) is 116 cm³/mol. The van der Waals surface area contributed by atoms with Gasteiger partial charge in [0.25, 0.3) is 5.91 Å². The van der Waals surface area contributed by atoms with E-state index >= 15 is 0 Å². The molecule has 1 saturated carbocycles. The van der Waals surface area contributed by atoms with Gasteiger partial charge < -0.3 is 10.6 Å². The molecule has 150 valence electrons. The second-order valence-corrected chi connectivity index (χ2v) is 8.48. The lowest BCUT2D eigenvalue weighted by Crippen LogP contribution is -2.26. The number of H-pyrrole nitrogens is 1. The van der Waals surface area contributed by atoms with E-state index in [4.69, 9.17) is 12.2 Å². The molecule has 2 amide bonds. The van der Waals surface area contributed by atoms with Gasteiger partial charge in [-0.05, 0) is 68.0 Å². The van der Waals surface area contributed by atoms with Crippen molar-refractivity contribution in [3.05, 3.63) is 51.6 Å². The number of carbonyl (C=O) groups excluding carboxylic acids is 2. The molecule has 1 unspecified atom stereocenters. The quantitative estimate of drug-likeness (QED) is 0.517. The van der Waals surface area contributed by atoms with E-state index in [1.165, 1.54) is 11.3 Å². The number of nitrogens with one attached hydrogen (secondary N) is 3. The summed E-state index contributed by atoms with van der Waals surface area (Å²) in [5, 5.41) is 14.9. The molecule has 3 N–H and O–H groups in total. The van der Waals surface area contributed by atoms with E-state index in [0.29, 0.717) is 21.8 Å². The van der Waals surface area contributed by atoms with Gasteiger partial charge in [-0.15, -0.1) is 11.3 Å². The predicted octanol–water partition coefficient (Wildman–Crippen LogP) is 4.07. The van der Waals surface area contributed by atoms with Crippen LogP contribution in [0.3, 0.4) is 0 Å². The molecule has 9 heteroatoms. The Morgan fingerprint density at radius 1 is 1.34 bits per heavy atom. The van der Waals surface area contributed by atoms with Crippen molar-refractivity contribution in [2.45, 2.75) is 38.8 Å². The maximum Gasteiger partial charge on any atom is 0.251 e. The Labute approximate surface area is 177 Å². The van der Waals surface area contributed by atoms with Crippen LogP contribution >= 0.6 is 23.6 Å². The van der Waals surface area contributed by atoms with Crippen molar-refractivity contribution in [1.82, 2.24) is 20.1 Å². The van der Waals surface area contributed by atoms with Gasteiger partial charge in [-0.3, -0.25) is 19.3 Å². The zero-order valence-electron chi connectivity index (χ0n) is 16.1. The van der Waals surface area contributed by atoms with Gasteiger partial charge in [-0.2, -0.15) is 5.10 Å². The van der Waals surface area contributed by atoms with Gasteiger partial charge in [0, 0.05) is 17.3 Å². The van der Waals surface area contributed by atoms with Crippen LogP contribution in [-0.2, 0) is 4.79 Å². The number of aromatic nitrogens is 3. The first-order valence-corrected chi connectivity index (χ1v) is 10.7. The number of carbonyl (C=O) groups is 2. The third-order valence-electron chi connectivity index (χ3n) is 4.88. The van der Waals surface area contributed by atoms with Gasteiger partial charge in [-0.1, -0.05) is 12.1 Å². The fraction of sp³-hybridized carbons (Fsp3) is 0.300. The number of hydrogen-bond acceptors (Lipinski definition) is 5. The number of thiophene rings is 1. The molecule has 2 heterocycles. The van der Waals surface area contributed by atoms with Crippen LogP contribution in [0.5, 0.6) is 0 Å². The molecule has 29 heavy (non-hydrogen) atoms. The summed E-state index contributed by atoms with van der Waals surface area (Å²) in [5.74, 6) is 0.276. The van der Waals surface area contributed by atoms with Crippen molar-refractivity contribution >= 4 is 41.1 Å². The normalized spacial score (nSPS) is 14.4. The molecule has 0 bridgehead atoms. The summed E-state index contributed by atoms with van der Waals surface area (Å²) in [5.41, 5.74) is 2.02. The van der Waals surface area contributed by atoms with E-state index in [9.17, 15) is 9.59 Å². The molecule has 1 aromatic carbocycles. The third-order valence-corrected chi connectivity index (χ3v) is 6.04. The van der Waals surface area contributed by atoms with Crippen LogP contribution in [0.2, 0.25) is 0 Å². The highest BCUT2D eigenvalue weighted by molar-refractivity contribution is 7.71. The number of hydrogen-bond donors (Lipinski definition) is 3. The Balaban J connectivity index is 1.56. The monoisotopic (exact) mass is 427 g/mol. The minimum Gasteiger partial charge on any atom is -0.349 e. The topological polar surface area (TPSA) is 91.8 Å². The summed E-state index contributed by atoms with van der Waals surface area (Å²) < 4.78 is 2.08. The van der Waals surface area contributed by atoms with Crippen molar-refractivity contribution in [1.29, 1.82) is 0 Å². The Kier molecular flexibility index (Phi) is 5.33. The molecule has 1 fully saturated rings. The molecule has 3 aromatic rings. The summed E-state index contributed by atoms with van der Waals surface area (Å²) in [4.78, 5) is 26.2. The van der Waals surface area contributed by atoms with Crippen molar-refractivity contribution in [3.8, 4) is 10.7 Å². The summed E-state index contributed by atoms with van der Waals surface area (Å²) in [6.45, 7) is 3.67. The Hall–Kier alpha value is -2.78. The maximum absolute atomic E-state index is 13.0. The lowest BCUT2D eigenvalue weighted by molar-refractivity contribution is -0.118. The zero-order chi connectivity index (χ0) is 20.5. The first kappa shape index (κ1) is 19.5. The number of amides is 2. The minimum atomic E-state index is -0.582. The Morgan fingerprint density at radius 3 is 2.83 bits per heavy atom. The molecule has 0 radical (unpaired) electrons. The van der Waals surface area contributed by atoms with Crippen LogP contribution in [0.15, 0.2) is 35.7 Å². The molecule has 0 spiro atoms. The van der Waals surface area contributed by atoms with Gasteiger partial charge in [0.15, 0.2) is 10.6 Å². The summed E-state index contributed by atoms with van der Waals surface area (Å²) >= 11 is 6.88. The van der Waals surface area contributed by atoms with Gasteiger partial charge in [0.05, 0.1) is 4.88 Å². The largest absolute Gasteiger partial charge is 0.349 e. The second kappa shape index (κ2) is 7.92. The highest BCUT2D eigenvalue weighted by Crippen LogP contribution is 2.27. The molecule has 1 aliphatic rings. The fourth-order valence-corrected chi connectivity index (χ4v) is 3.99. The molecule has 4 rings (SSSR count). The highest BCUT2D eigenvalue weighted by atomic mass is 32.1. The van der Waals surface area contributed by atoms with E-state index in [0.717, 1.165) is 23.3 Å². The van der Waals surface area contributed by atoms with Crippen molar-refractivity contribution in [2.75, 3.05) is 5.32 Å². The molecule has 7 nitrogen and oxygen atoms in total. The summed E-state index contributed by atoms with van der Waals surface area (Å²) in [6, 6.07) is 8.88. The van der Waals surface area contributed by atoms with E-state index in [2.05, 4.69) is 20.8 Å². The van der Waals surface area contributed by atoms with E-state index in [-0.39, 0.29) is 17.9 Å². The van der Waals surface area contributed by atoms with Crippen LogP contribution in [0, 0.1) is 11.7 Å². The number of benzene rings is 1. The van der Waals surface area contributed by atoms with E-state index < -0.39 is 6.04 Å². The lowest BCUT2D eigenvalue weighted by atomic mass is 10.1. The second-order valence-electron chi connectivity index (χ2n) is 7.14. The number of anilines is 1. The minimum absolute atomic E-state index is 0.118. The van der Waals surface area contributed by atoms with Crippen LogP contribution in [0.4, 0.5) is 5.69 Å². The Morgan fingerprint density at radius 2 is 2.14 bits per heavy atom. The van der Waals surface area contributed by atoms with Crippen molar-refractivity contribution < 1.29 is 9.59 Å². The molecule has 0 aliphatic heterocycles. The van der Waals surface area contributed by atoms with E-state index in [1.807, 2.05) is 30.5 Å². The first-order valence-electron chi connectivity index (χ1n) is 9.37.